The van der Waals surface area contributed by atoms with Gasteiger partial charge in [0.05, 0.1) is 10.8 Å². The van der Waals surface area contributed by atoms with Crippen LogP contribution in [0.15, 0.2) is 46.2 Å². The second-order valence-electron chi connectivity index (χ2n) is 7.82. The smallest absolute Gasteiger partial charge is 0.377 e. The van der Waals surface area contributed by atoms with Gasteiger partial charge in [-0.15, -0.1) is 0 Å². The van der Waals surface area contributed by atoms with Crippen LogP contribution in [0.25, 0.3) is 0 Å². The Labute approximate surface area is 201 Å². The third kappa shape index (κ3) is 5.39. The Balaban J connectivity index is 1.91. The van der Waals surface area contributed by atoms with Gasteiger partial charge in [0.15, 0.2) is 0 Å². The lowest BCUT2D eigenvalue weighted by Crippen LogP contribution is -2.43. The van der Waals surface area contributed by atoms with Gasteiger partial charge in [-0.05, 0) is 47.2 Å². The first-order chi connectivity index (χ1) is 15.9. The highest BCUT2D eigenvalue weighted by Crippen LogP contribution is 2.36. The van der Waals surface area contributed by atoms with Crippen LogP contribution in [0.4, 0.5) is 0 Å². The lowest BCUT2D eigenvalue weighted by atomic mass is 9.94. The molecule has 0 aromatic heterocycles. The van der Waals surface area contributed by atoms with Crippen LogP contribution in [-0.4, -0.2) is 64.5 Å². The summed E-state index contributed by atoms with van der Waals surface area (Å²) in [6.45, 7) is 0. The number of hydrogen-bond acceptors (Lipinski definition) is 7. The predicted octanol–water partition coefficient (Wildman–Crippen LogP) is 3.60. The van der Waals surface area contributed by atoms with E-state index in [2.05, 4.69) is 12.1 Å². The quantitative estimate of drug-likeness (QED) is 0.345. The molecule has 1 aliphatic heterocycles. The number of aryl methyl sites for hydroxylation is 2. The van der Waals surface area contributed by atoms with Crippen LogP contribution in [0, 0.1) is 0 Å². The topological polar surface area (TPSA) is 72.5 Å². The van der Waals surface area contributed by atoms with Gasteiger partial charge >= 0.3 is 17.6 Å². The van der Waals surface area contributed by atoms with Gasteiger partial charge < -0.3 is 26.6 Å². The van der Waals surface area contributed by atoms with Gasteiger partial charge in [-0.3, -0.25) is 0 Å². The molecule has 2 aromatic rings. The first-order valence-corrected chi connectivity index (χ1v) is 15.9. The fourth-order valence-electron chi connectivity index (χ4n) is 4.42. The molecule has 0 amide bonds. The van der Waals surface area contributed by atoms with Crippen molar-refractivity contribution in [3.8, 4) is 0 Å². The Morgan fingerprint density at radius 3 is 1.36 bits per heavy atom. The maximum Gasteiger partial charge on any atom is 0.500 e. The Kier molecular flexibility index (Phi) is 9.18. The summed E-state index contributed by atoms with van der Waals surface area (Å²) in [4.78, 5) is 1.76. The van der Waals surface area contributed by atoms with Crippen LogP contribution < -0.4 is 0 Å². The second kappa shape index (κ2) is 11.5. The molecule has 33 heavy (non-hydrogen) atoms. The summed E-state index contributed by atoms with van der Waals surface area (Å²) in [5.74, 6) is 0. The van der Waals surface area contributed by atoms with Crippen molar-refractivity contribution in [3.63, 3.8) is 0 Å². The average Bonchev–Trinajstić information content (AvgIpc) is 2.87. The van der Waals surface area contributed by atoms with Gasteiger partial charge in [0.2, 0.25) is 0 Å². The molecule has 0 spiro atoms. The molecular weight excluding hydrogens is 476 g/mol. The van der Waals surface area contributed by atoms with Crippen LogP contribution in [0.3, 0.4) is 0 Å². The zero-order chi connectivity index (χ0) is 24.1. The number of benzene rings is 2. The van der Waals surface area contributed by atoms with Gasteiger partial charge in [0.1, 0.15) is 0 Å². The molecule has 1 aliphatic rings. The highest BCUT2D eigenvalue weighted by molar-refractivity contribution is 7.85. The Hall–Kier alpha value is -1.22. The minimum absolute atomic E-state index is 0.651. The van der Waals surface area contributed by atoms with Gasteiger partial charge in [0.25, 0.3) is 0 Å². The summed E-state index contributed by atoms with van der Waals surface area (Å²) in [6.07, 6.45) is 2.19. The summed E-state index contributed by atoms with van der Waals surface area (Å²) in [6, 6.07) is 13.4. The molecule has 0 bridgehead atoms. The van der Waals surface area contributed by atoms with Crippen LogP contribution in [0.1, 0.15) is 22.3 Å². The summed E-state index contributed by atoms with van der Waals surface area (Å²) in [5.41, 5.74) is 4.55. The monoisotopic (exact) mass is 510 g/mol. The van der Waals surface area contributed by atoms with Gasteiger partial charge in [-0.1, -0.05) is 24.3 Å². The van der Waals surface area contributed by atoms with Crippen molar-refractivity contribution in [2.75, 3.05) is 42.7 Å². The summed E-state index contributed by atoms with van der Waals surface area (Å²) >= 11 is 0. The van der Waals surface area contributed by atoms with E-state index in [1.54, 1.807) is 42.7 Å². The maximum absolute atomic E-state index is 13.5. The van der Waals surface area contributed by atoms with E-state index in [9.17, 15) is 4.21 Å². The molecule has 182 valence electrons. The Morgan fingerprint density at radius 2 is 1.03 bits per heavy atom. The molecule has 0 unspecified atom stereocenters. The lowest BCUT2D eigenvalue weighted by molar-refractivity contribution is 0.123. The first-order valence-electron chi connectivity index (χ1n) is 10.9. The van der Waals surface area contributed by atoms with Crippen molar-refractivity contribution in [3.05, 3.63) is 58.7 Å². The highest BCUT2D eigenvalue weighted by Gasteiger charge is 2.39. The zero-order valence-corrected chi connectivity index (χ0v) is 23.1. The summed E-state index contributed by atoms with van der Waals surface area (Å²) in [7, 11) is 3.11. The normalized spacial score (nSPS) is 14.2. The van der Waals surface area contributed by atoms with Crippen LogP contribution in [-0.2, 0) is 56.6 Å². The standard InChI is InChI=1S/C23H34O7SSi2/c1-25-32(26-2,27-3)15-13-18-9-7-11-22-20(18)17-21-19(10-8-12-23(21)31(22)24)14-16-33(28-4,29-5)30-6/h7-12H,13-17H2,1-6H3. The third-order valence-electron chi connectivity index (χ3n) is 6.48. The van der Waals surface area contributed by atoms with Gasteiger partial charge in [-0.25, -0.2) is 4.21 Å². The van der Waals surface area contributed by atoms with E-state index in [4.69, 9.17) is 26.6 Å². The lowest BCUT2D eigenvalue weighted by Gasteiger charge is -2.28. The molecule has 3 rings (SSSR count). The predicted molar refractivity (Wildman–Crippen MR) is 131 cm³/mol. The van der Waals surface area contributed by atoms with Gasteiger partial charge in [-0.2, -0.15) is 0 Å². The SMILES string of the molecule is CO[Si](CCc1cccc2c1Cc1c(CC[Si](OC)(OC)OC)cccc1S2=O)(OC)OC. The van der Waals surface area contributed by atoms with Gasteiger partial charge in [0, 0.05) is 71.0 Å². The zero-order valence-electron chi connectivity index (χ0n) is 20.3. The fourth-order valence-corrected chi connectivity index (χ4v) is 9.29. The van der Waals surface area contributed by atoms with E-state index in [1.807, 2.05) is 24.3 Å². The van der Waals surface area contributed by atoms with E-state index >= 15 is 0 Å². The largest absolute Gasteiger partial charge is 0.500 e. The average molecular weight is 511 g/mol. The van der Waals surface area contributed by atoms with Crippen molar-refractivity contribution in [2.45, 2.75) is 41.1 Å². The maximum atomic E-state index is 13.5. The molecule has 7 nitrogen and oxygen atoms in total. The van der Waals surface area contributed by atoms with E-state index in [0.717, 1.165) is 51.3 Å². The van der Waals surface area contributed by atoms with Crippen molar-refractivity contribution in [1.29, 1.82) is 0 Å². The van der Waals surface area contributed by atoms with E-state index in [0.29, 0.717) is 12.1 Å². The summed E-state index contributed by atoms with van der Waals surface area (Å²) in [5, 5.41) is 0. The molecule has 0 saturated carbocycles. The van der Waals surface area contributed by atoms with E-state index in [-0.39, 0.29) is 0 Å². The molecule has 1 heterocycles. The minimum atomic E-state index is -2.70. The molecule has 2 aromatic carbocycles. The van der Waals surface area contributed by atoms with Crippen molar-refractivity contribution >= 4 is 28.4 Å². The molecule has 0 radical (unpaired) electrons. The van der Waals surface area contributed by atoms with Crippen LogP contribution in [0.5, 0.6) is 0 Å². The highest BCUT2D eigenvalue weighted by atomic mass is 32.2. The van der Waals surface area contributed by atoms with Crippen molar-refractivity contribution in [1.82, 2.24) is 0 Å². The van der Waals surface area contributed by atoms with E-state index < -0.39 is 28.4 Å². The first kappa shape index (κ1) is 26.4. The molecule has 0 N–H and O–H groups in total. The number of fused-ring (bicyclic) bond motifs is 2. The van der Waals surface area contributed by atoms with E-state index in [1.165, 1.54) is 0 Å². The van der Waals surface area contributed by atoms with Crippen LogP contribution in [0.2, 0.25) is 12.1 Å². The second-order valence-corrected chi connectivity index (χ2v) is 15.4. The fraction of sp³-hybridized carbons (Fsp3) is 0.478. The Morgan fingerprint density at radius 1 is 0.667 bits per heavy atom. The molecule has 0 atom stereocenters. The third-order valence-corrected chi connectivity index (χ3v) is 13.5. The minimum Gasteiger partial charge on any atom is -0.377 e. The molecule has 10 heteroatoms. The van der Waals surface area contributed by atoms with Crippen molar-refractivity contribution < 1.29 is 30.8 Å². The van der Waals surface area contributed by atoms with Crippen LogP contribution >= 0.6 is 0 Å². The molecular formula is C23H34O7SSi2. The molecule has 0 fully saturated rings. The number of hydrogen-bond donors (Lipinski definition) is 0. The molecule has 0 aliphatic carbocycles. The number of rotatable bonds is 12. The Bertz CT molecular complexity index is 885. The molecule has 0 saturated heterocycles. The summed E-state index contributed by atoms with van der Waals surface area (Å²) < 4.78 is 47.1. The van der Waals surface area contributed by atoms with Crippen molar-refractivity contribution in [2.24, 2.45) is 0 Å².